The summed E-state index contributed by atoms with van der Waals surface area (Å²) < 4.78 is 2.03. The normalized spacial score (nSPS) is 13.2. The molecule has 2 aromatic carbocycles. The number of rotatable bonds is 3. The zero-order valence-electron chi connectivity index (χ0n) is 13.7. The lowest BCUT2D eigenvalue weighted by molar-refractivity contribution is -0.425. The van der Waals surface area contributed by atoms with E-state index in [1.54, 1.807) is 4.90 Å². The molecule has 4 heteroatoms. The highest BCUT2D eigenvalue weighted by Gasteiger charge is 2.33. The van der Waals surface area contributed by atoms with Gasteiger partial charge in [0.05, 0.1) is 6.54 Å². The number of carbonyl (C=O) groups is 1. The van der Waals surface area contributed by atoms with E-state index >= 15 is 0 Å². The molecule has 1 aliphatic heterocycles. The maximum atomic E-state index is 12.8. The summed E-state index contributed by atoms with van der Waals surface area (Å²) in [6.45, 7) is 0.625. The van der Waals surface area contributed by atoms with Crippen LogP contribution in [0.25, 0.3) is 0 Å². The van der Waals surface area contributed by atoms with Crippen LogP contribution in [0.3, 0.4) is 0 Å². The molecule has 0 saturated carbocycles. The van der Waals surface area contributed by atoms with Gasteiger partial charge in [-0.1, -0.05) is 36.3 Å². The number of anilines is 1. The van der Waals surface area contributed by atoms with Gasteiger partial charge in [0.1, 0.15) is 12.1 Å². The minimum atomic E-state index is -0.0289. The fourth-order valence-electron chi connectivity index (χ4n) is 2.96. The van der Waals surface area contributed by atoms with E-state index in [-0.39, 0.29) is 35.9 Å². The van der Waals surface area contributed by atoms with Crippen molar-refractivity contribution >= 4 is 23.0 Å². The number of terminal acetylenes is 2. The molecule has 25 heavy (non-hydrogen) atoms. The molecule has 3 nitrogen and oxygen atoms in total. The van der Waals surface area contributed by atoms with Gasteiger partial charge in [0, 0.05) is 11.6 Å². The van der Waals surface area contributed by atoms with Crippen molar-refractivity contribution in [3.05, 3.63) is 60.2 Å². The van der Waals surface area contributed by atoms with Gasteiger partial charge in [-0.3, -0.25) is 9.69 Å². The summed E-state index contributed by atoms with van der Waals surface area (Å²) in [5, 5.41) is 0. The zero-order chi connectivity index (χ0) is 16.9. The monoisotopic (exact) mass is 392 g/mol. The van der Waals surface area contributed by atoms with E-state index in [1.165, 1.54) is 0 Å². The first kappa shape index (κ1) is 18.5. The molecule has 0 bridgehead atoms. The minimum absolute atomic E-state index is 0. The second-order valence-corrected chi connectivity index (χ2v) is 5.45. The lowest BCUT2D eigenvalue weighted by atomic mass is 10.1. The van der Waals surface area contributed by atoms with E-state index in [4.69, 9.17) is 12.8 Å². The molecule has 0 aliphatic carbocycles. The van der Waals surface area contributed by atoms with Gasteiger partial charge in [-0.2, -0.15) is 4.58 Å². The van der Waals surface area contributed by atoms with E-state index in [2.05, 4.69) is 11.8 Å². The molecule has 0 atom stereocenters. The number of benzene rings is 2. The first-order chi connectivity index (χ1) is 11.8. The van der Waals surface area contributed by atoms with Crippen LogP contribution >= 0.6 is 0 Å². The molecule has 1 amide bonds. The number of halogens is 1. The fraction of sp³-hybridized carbons (Fsp3) is 0.143. The molecule has 0 radical (unpaired) electrons. The number of nitrogens with zero attached hydrogens (tertiary/aromatic N) is 2. The van der Waals surface area contributed by atoms with Crippen LogP contribution in [0.2, 0.25) is 0 Å². The van der Waals surface area contributed by atoms with Crippen LogP contribution in [0.5, 0.6) is 0 Å². The molecule has 3 rings (SSSR count). The predicted molar refractivity (Wildman–Crippen MR) is 96.4 cm³/mol. The van der Waals surface area contributed by atoms with Crippen molar-refractivity contribution in [1.82, 2.24) is 0 Å². The average molecular weight is 393 g/mol. The highest BCUT2D eigenvalue weighted by molar-refractivity contribution is 6.14. The maximum absolute atomic E-state index is 12.8. The van der Waals surface area contributed by atoms with Crippen LogP contribution in [0, 0.1) is 24.7 Å². The molecule has 0 unspecified atom stereocenters. The Balaban J connectivity index is 0.00000225. The Morgan fingerprint density at radius 3 is 2.36 bits per heavy atom. The SMILES string of the molecule is C#CCN1C(=O)CC(c2ccccc2)=[N+](CC#C)c2ccccc21.[Br-]. The second-order valence-electron chi connectivity index (χ2n) is 5.45. The lowest BCUT2D eigenvalue weighted by Gasteiger charge is -2.17. The van der Waals surface area contributed by atoms with Crippen LogP contribution < -0.4 is 21.9 Å². The van der Waals surface area contributed by atoms with Gasteiger partial charge in [-0.25, -0.2) is 0 Å². The van der Waals surface area contributed by atoms with Crippen molar-refractivity contribution in [3.8, 4) is 24.7 Å². The smallest absolute Gasteiger partial charge is 0.238 e. The summed E-state index contributed by atoms with van der Waals surface area (Å²) in [6, 6.07) is 17.6. The van der Waals surface area contributed by atoms with Crippen LogP contribution in [-0.4, -0.2) is 29.3 Å². The van der Waals surface area contributed by atoms with Crippen molar-refractivity contribution in [1.29, 1.82) is 0 Å². The molecule has 1 heterocycles. The molecule has 0 saturated heterocycles. The highest BCUT2D eigenvalue weighted by atomic mass is 79.9. The van der Waals surface area contributed by atoms with Crippen molar-refractivity contribution in [3.63, 3.8) is 0 Å². The zero-order valence-corrected chi connectivity index (χ0v) is 15.2. The van der Waals surface area contributed by atoms with E-state index in [0.29, 0.717) is 6.54 Å². The number of hydrogen-bond acceptors (Lipinski definition) is 1. The lowest BCUT2D eigenvalue weighted by Crippen LogP contribution is -3.00. The summed E-state index contributed by atoms with van der Waals surface area (Å²) in [7, 11) is 0. The largest absolute Gasteiger partial charge is 1.00 e. The first-order valence-electron chi connectivity index (χ1n) is 7.71. The molecular weight excluding hydrogens is 376 g/mol. The number of fused-ring (bicyclic) bond motifs is 1. The third-order valence-electron chi connectivity index (χ3n) is 4.01. The standard InChI is InChI=1S/C21H17N2O.BrH/c1-3-14-22-18-12-8-9-13-19(18)23(15-4-2)21(24)16-20(22)17-10-6-5-7-11-17;/h1-2,5-13H,14-16H2;1H/q+1;/p-1. The maximum Gasteiger partial charge on any atom is 0.238 e. The molecule has 2 aromatic rings. The fourth-order valence-corrected chi connectivity index (χ4v) is 2.96. The van der Waals surface area contributed by atoms with E-state index < -0.39 is 0 Å². The molecule has 0 fully saturated rings. The molecule has 124 valence electrons. The van der Waals surface area contributed by atoms with Crippen LogP contribution in [0.1, 0.15) is 12.0 Å². The summed E-state index contributed by atoms with van der Waals surface area (Å²) in [4.78, 5) is 14.5. The van der Waals surface area contributed by atoms with E-state index in [9.17, 15) is 4.79 Å². The van der Waals surface area contributed by atoms with Crippen molar-refractivity contribution in [2.75, 3.05) is 18.0 Å². The van der Waals surface area contributed by atoms with Gasteiger partial charge in [0.25, 0.3) is 0 Å². The Morgan fingerprint density at radius 1 is 1.00 bits per heavy atom. The number of para-hydroxylation sites is 2. The minimum Gasteiger partial charge on any atom is -1.00 e. The number of amides is 1. The Bertz CT molecular complexity index is 888. The molecule has 0 N–H and O–H groups in total. The second kappa shape index (κ2) is 8.33. The average Bonchev–Trinajstić information content (AvgIpc) is 2.73. The summed E-state index contributed by atoms with van der Waals surface area (Å²) in [5.74, 6) is 5.25. The van der Waals surface area contributed by atoms with Crippen molar-refractivity contribution in [2.45, 2.75) is 6.42 Å². The Morgan fingerprint density at radius 2 is 1.68 bits per heavy atom. The Kier molecular flexibility index (Phi) is 6.17. The van der Waals surface area contributed by atoms with Gasteiger partial charge in [-0.05, 0) is 24.1 Å². The van der Waals surface area contributed by atoms with Crippen LogP contribution in [0.15, 0.2) is 54.6 Å². The first-order valence-corrected chi connectivity index (χ1v) is 7.71. The van der Waals surface area contributed by atoms with Gasteiger partial charge in [-0.15, -0.1) is 12.8 Å². The Labute approximate surface area is 158 Å². The van der Waals surface area contributed by atoms with Gasteiger partial charge >= 0.3 is 0 Å². The van der Waals surface area contributed by atoms with Gasteiger partial charge in [0.15, 0.2) is 5.71 Å². The number of carbonyl (C=O) groups excluding carboxylic acids is 1. The topological polar surface area (TPSA) is 23.3 Å². The van der Waals surface area contributed by atoms with E-state index in [0.717, 1.165) is 22.6 Å². The molecule has 0 aromatic heterocycles. The van der Waals surface area contributed by atoms with Crippen LogP contribution in [-0.2, 0) is 4.79 Å². The van der Waals surface area contributed by atoms with Crippen molar-refractivity contribution < 1.29 is 26.4 Å². The third kappa shape index (κ3) is 3.65. The summed E-state index contributed by atoms with van der Waals surface area (Å²) in [5.41, 5.74) is 3.57. The quantitative estimate of drug-likeness (QED) is 0.525. The molecule has 1 aliphatic rings. The molecular formula is C21H17BrN2O. The van der Waals surface area contributed by atoms with Gasteiger partial charge in [0.2, 0.25) is 18.1 Å². The van der Waals surface area contributed by atoms with E-state index in [1.807, 2.05) is 59.2 Å². The van der Waals surface area contributed by atoms with Crippen molar-refractivity contribution in [2.24, 2.45) is 0 Å². The summed E-state index contributed by atoms with van der Waals surface area (Å²) >= 11 is 0. The highest BCUT2D eigenvalue weighted by Crippen LogP contribution is 2.32. The van der Waals surface area contributed by atoms with Crippen LogP contribution in [0.4, 0.5) is 11.4 Å². The predicted octanol–water partition coefficient (Wildman–Crippen LogP) is -0.173. The molecule has 0 spiro atoms. The number of hydrogen-bond donors (Lipinski definition) is 0. The third-order valence-corrected chi connectivity index (χ3v) is 4.01. The van der Waals surface area contributed by atoms with Gasteiger partial charge < -0.3 is 17.0 Å². The Hall–Kier alpha value is -2.82. The summed E-state index contributed by atoms with van der Waals surface area (Å²) in [6.07, 6.45) is 11.3.